The van der Waals surface area contributed by atoms with Crippen LogP contribution >= 0.6 is 11.6 Å². The van der Waals surface area contributed by atoms with E-state index in [4.69, 9.17) is 16.3 Å². The van der Waals surface area contributed by atoms with Crippen molar-refractivity contribution in [2.24, 2.45) is 5.92 Å². The van der Waals surface area contributed by atoms with Gasteiger partial charge in [-0.1, -0.05) is 11.6 Å². The van der Waals surface area contributed by atoms with Gasteiger partial charge in [0, 0.05) is 23.2 Å². The minimum absolute atomic E-state index is 0.211. The lowest BCUT2D eigenvalue weighted by molar-refractivity contribution is -0.116. The topological polar surface area (TPSA) is 75.7 Å². The van der Waals surface area contributed by atoms with Crippen LogP contribution < -0.4 is 14.4 Å². The predicted octanol–water partition coefficient (Wildman–Crippen LogP) is 3.20. The van der Waals surface area contributed by atoms with Crippen molar-refractivity contribution in [3.05, 3.63) is 53.1 Å². The van der Waals surface area contributed by atoms with Gasteiger partial charge in [0.1, 0.15) is 5.75 Å². The fourth-order valence-electron chi connectivity index (χ4n) is 3.71. The summed E-state index contributed by atoms with van der Waals surface area (Å²) in [5.41, 5.74) is 1.92. The first-order valence-corrected chi connectivity index (χ1v) is 10.4. The normalized spacial score (nSPS) is 25.0. The van der Waals surface area contributed by atoms with Crippen LogP contribution in [0.3, 0.4) is 0 Å². The van der Waals surface area contributed by atoms with Crippen LogP contribution in [0.25, 0.3) is 0 Å². The minimum Gasteiger partial charge on any atom is -0.497 e. The summed E-state index contributed by atoms with van der Waals surface area (Å²) in [7, 11) is -2.24. The molecule has 2 aromatic carbocycles. The van der Waals surface area contributed by atoms with E-state index in [2.05, 4.69) is 5.32 Å². The molecule has 1 aliphatic heterocycles. The second kappa shape index (κ2) is 6.14. The van der Waals surface area contributed by atoms with Gasteiger partial charge in [0.25, 0.3) is 0 Å². The second-order valence-electron chi connectivity index (χ2n) is 6.94. The zero-order valence-electron chi connectivity index (χ0n) is 14.9. The number of benzene rings is 2. The van der Waals surface area contributed by atoms with E-state index in [1.54, 1.807) is 49.6 Å². The quantitative estimate of drug-likeness (QED) is 0.845. The summed E-state index contributed by atoms with van der Waals surface area (Å²) >= 11 is 5.89. The fraction of sp³-hybridized carbons (Fsp3) is 0.316. The number of sulfonamides is 1. The van der Waals surface area contributed by atoms with Crippen LogP contribution in [0.15, 0.2) is 42.5 Å². The Morgan fingerprint density at radius 1 is 1.26 bits per heavy atom. The maximum absolute atomic E-state index is 13.2. The van der Waals surface area contributed by atoms with E-state index < -0.39 is 20.7 Å². The molecule has 0 spiro atoms. The number of halogens is 1. The van der Waals surface area contributed by atoms with E-state index in [0.29, 0.717) is 35.1 Å². The molecule has 0 bridgehead atoms. The number of fused-ring (bicyclic) bond motifs is 1. The summed E-state index contributed by atoms with van der Waals surface area (Å²) in [5.74, 6) is -0.00988. The molecule has 0 unspecified atom stereocenters. The highest BCUT2D eigenvalue weighted by molar-refractivity contribution is 7.95. The summed E-state index contributed by atoms with van der Waals surface area (Å²) in [6.07, 6.45) is 0.348. The molecule has 0 aromatic heterocycles. The number of rotatable bonds is 4. The average Bonchev–Trinajstić information content (AvgIpc) is 3.33. The largest absolute Gasteiger partial charge is 0.497 e. The molecule has 6 nitrogen and oxygen atoms in total. The maximum Gasteiger partial charge on any atom is 0.250 e. The summed E-state index contributed by atoms with van der Waals surface area (Å²) in [5, 5.41) is 3.33. The van der Waals surface area contributed by atoms with Gasteiger partial charge in [0.2, 0.25) is 15.9 Å². The highest BCUT2D eigenvalue weighted by atomic mass is 35.5. The zero-order valence-corrected chi connectivity index (χ0v) is 16.5. The number of methoxy groups -OCH3 is 1. The monoisotopic (exact) mass is 406 g/mol. The van der Waals surface area contributed by atoms with Crippen LogP contribution in [0.5, 0.6) is 5.75 Å². The van der Waals surface area contributed by atoms with Crippen molar-refractivity contribution in [3.8, 4) is 5.75 Å². The van der Waals surface area contributed by atoms with Crippen LogP contribution in [-0.2, 0) is 14.8 Å². The van der Waals surface area contributed by atoms with Crippen molar-refractivity contribution in [3.63, 3.8) is 0 Å². The van der Waals surface area contributed by atoms with Gasteiger partial charge < -0.3 is 10.1 Å². The van der Waals surface area contributed by atoms with E-state index in [1.165, 1.54) is 4.31 Å². The molecule has 1 aliphatic carbocycles. The van der Waals surface area contributed by atoms with Crippen molar-refractivity contribution >= 4 is 38.9 Å². The maximum atomic E-state index is 13.2. The first kappa shape index (κ1) is 18.1. The number of carbonyl (C=O) groups is 1. The Hall–Kier alpha value is -2.25. The number of hydrogen-bond acceptors (Lipinski definition) is 4. The lowest BCUT2D eigenvalue weighted by Gasteiger charge is -2.23. The number of anilines is 2. The molecule has 1 amide bonds. The van der Waals surface area contributed by atoms with Crippen molar-refractivity contribution in [1.29, 1.82) is 0 Å². The number of hydrogen-bond donors (Lipinski definition) is 1. The smallest absolute Gasteiger partial charge is 0.250 e. The molecular weight excluding hydrogens is 388 g/mol. The number of amides is 1. The first-order chi connectivity index (χ1) is 12.8. The summed E-state index contributed by atoms with van der Waals surface area (Å²) in [6.45, 7) is 2.14. The number of carbonyl (C=O) groups excluding carboxylic acids is 1. The Kier molecular flexibility index (Phi) is 4.12. The molecule has 1 saturated heterocycles. The van der Waals surface area contributed by atoms with Crippen LogP contribution in [0.2, 0.25) is 5.02 Å². The lowest BCUT2D eigenvalue weighted by atomic mass is 10.1. The van der Waals surface area contributed by atoms with Crippen molar-refractivity contribution < 1.29 is 17.9 Å². The SMILES string of the molecule is COc1ccc(NC(=O)[C@@]23C[C@@H]2CN(c2ccc(Cl)cc2)S3(=O)=O)c(C)c1. The first-order valence-electron chi connectivity index (χ1n) is 8.53. The molecule has 1 N–H and O–H groups in total. The molecule has 1 saturated carbocycles. The lowest BCUT2D eigenvalue weighted by Crippen LogP contribution is -2.42. The van der Waals surface area contributed by atoms with E-state index in [0.717, 1.165) is 5.56 Å². The van der Waals surface area contributed by atoms with E-state index in [9.17, 15) is 13.2 Å². The highest BCUT2D eigenvalue weighted by Crippen LogP contribution is 2.58. The molecule has 27 heavy (non-hydrogen) atoms. The zero-order chi connectivity index (χ0) is 19.4. The Balaban J connectivity index is 1.61. The minimum atomic E-state index is -3.81. The second-order valence-corrected chi connectivity index (χ2v) is 9.49. The standard InChI is InChI=1S/C19H19ClN2O4S/c1-12-9-16(26-2)7-8-17(12)21-18(23)19-10-13(19)11-22(27(19,24)25)15-5-3-14(20)4-6-15/h3-9,13H,10-11H2,1-2H3,(H,21,23)/t13-,19-/m1/s1. The Bertz CT molecular complexity index is 1020. The van der Waals surface area contributed by atoms with Gasteiger partial charge >= 0.3 is 0 Å². The summed E-state index contributed by atoms with van der Waals surface area (Å²) < 4.78 is 31.4. The number of nitrogens with one attached hydrogen (secondary N) is 1. The van der Waals surface area contributed by atoms with Crippen molar-refractivity contribution in [2.45, 2.75) is 18.1 Å². The Morgan fingerprint density at radius 2 is 1.96 bits per heavy atom. The van der Waals surface area contributed by atoms with Gasteiger partial charge in [0.15, 0.2) is 4.75 Å². The van der Waals surface area contributed by atoms with E-state index in [1.807, 2.05) is 6.92 Å². The fourth-order valence-corrected chi connectivity index (χ4v) is 6.20. The Morgan fingerprint density at radius 3 is 2.59 bits per heavy atom. The van der Waals surface area contributed by atoms with Gasteiger partial charge in [-0.05, 0) is 61.4 Å². The van der Waals surface area contributed by atoms with Gasteiger partial charge in [-0.15, -0.1) is 0 Å². The van der Waals surface area contributed by atoms with Gasteiger partial charge in [-0.25, -0.2) is 8.42 Å². The molecule has 2 atom stereocenters. The van der Waals surface area contributed by atoms with Crippen LogP contribution in [0, 0.1) is 12.8 Å². The molecule has 1 heterocycles. The Labute approximate surface area is 163 Å². The molecular formula is C19H19ClN2O4S. The van der Waals surface area contributed by atoms with E-state index in [-0.39, 0.29) is 5.92 Å². The molecule has 0 radical (unpaired) electrons. The van der Waals surface area contributed by atoms with Crippen LogP contribution in [0.1, 0.15) is 12.0 Å². The number of ether oxygens (including phenoxy) is 1. The highest BCUT2D eigenvalue weighted by Gasteiger charge is 2.75. The number of nitrogens with zero attached hydrogens (tertiary/aromatic N) is 1. The average molecular weight is 407 g/mol. The summed E-state index contributed by atoms with van der Waals surface area (Å²) in [6, 6.07) is 11.8. The molecule has 142 valence electrons. The van der Waals surface area contributed by atoms with Gasteiger partial charge in [-0.2, -0.15) is 0 Å². The molecule has 2 fully saturated rings. The van der Waals surface area contributed by atoms with Crippen LogP contribution in [0.4, 0.5) is 11.4 Å². The molecule has 2 aliphatic rings. The van der Waals surface area contributed by atoms with Crippen molar-refractivity contribution in [2.75, 3.05) is 23.3 Å². The third kappa shape index (κ3) is 2.68. The number of aryl methyl sites for hydroxylation is 1. The molecule has 2 aromatic rings. The van der Waals surface area contributed by atoms with Crippen LogP contribution in [-0.4, -0.2) is 32.7 Å². The summed E-state index contributed by atoms with van der Waals surface area (Å²) in [4.78, 5) is 13.0. The van der Waals surface area contributed by atoms with Crippen molar-refractivity contribution in [1.82, 2.24) is 0 Å². The molecule has 4 rings (SSSR count). The predicted molar refractivity (Wildman–Crippen MR) is 105 cm³/mol. The molecule has 8 heteroatoms. The van der Waals surface area contributed by atoms with E-state index >= 15 is 0 Å². The third-order valence-electron chi connectivity index (χ3n) is 5.37. The van der Waals surface area contributed by atoms with Gasteiger partial charge in [-0.3, -0.25) is 9.10 Å². The third-order valence-corrected chi connectivity index (χ3v) is 8.16. The van der Waals surface area contributed by atoms with Gasteiger partial charge in [0.05, 0.1) is 12.8 Å².